The van der Waals surface area contributed by atoms with Crippen molar-refractivity contribution >= 4 is 5.69 Å². The number of piperidine rings is 1. The van der Waals surface area contributed by atoms with Gasteiger partial charge in [-0.25, -0.2) is 0 Å². The second-order valence-electron chi connectivity index (χ2n) is 5.12. The molecule has 2 heterocycles. The highest BCUT2D eigenvalue weighted by Gasteiger charge is 2.40. The third-order valence-electron chi connectivity index (χ3n) is 4.08. The van der Waals surface area contributed by atoms with Crippen molar-refractivity contribution in [3.05, 3.63) is 24.3 Å². The number of methoxy groups -OCH3 is 1. The van der Waals surface area contributed by atoms with Gasteiger partial charge in [0.2, 0.25) is 0 Å². The Bertz CT molecular complexity index is 376. The van der Waals surface area contributed by atoms with Gasteiger partial charge in [-0.15, -0.1) is 0 Å². The van der Waals surface area contributed by atoms with Crippen molar-refractivity contribution in [1.82, 2.24) is 0 Å². The lowest BCUT2D eigenvalue weighted by atomic mass is 9.99. The van der Waals surface area contributed by atoms with Crippen LogP contribution in [0.3, 0.4) is 0 Å². The van der Waals surface area contributed by atoms with Crippen LogP contribution >= 0.6 is 0 Å². The van der Waals surface area contributed by atoms with Gasteiger partial charge >= 0.3 is 0 Å². The Morgan fingerprint density at radius 3 is 2.24 bits per heavy atom. The fraction of sp³-hybridized carbons (Fsp3) is 0.571. The maximum absolute atomic E-state index is 9.79. The quantitative estimate of drug-likeness (QED) is 0.850. The first kappa shape index (κ1) is 10.9. The van der Waals surface area contributed by atoms with E-state index in [1.807, 2.05) is 12.1 Å². The molecular formula is C14H19NO2. The molecule has 0 aliphatic carbocycles. The molecule has 1 aromatic rings. The Hall–Kier alpha value is -1.22. The maximum Gasteiger partial charge on any atom is 0.119 e. The summed E-state index contributed by atoms with van der Waals surface area (Å²) in [7, 11) is 1.69. The number of aliphatic hydroxyl groups is 1. The van der Waals surface area contributed by atoms with Gasteiger partial charge in [0.05, 0.1) is 13.2 Å². The van der Waals surface area contributed by atoms with Gasteiger partial charge in [0.25, 0.3) is 0 Å². The summed E-state index contributed by atoms with van der Waals surface area (Å²) in [5, 5.41) is 9.79. The normalized spacial score (nSPS) is 31.6. The molecule has 92 valence electrons. The lowest BCUT2D eigenvalue weighted by Gasteiger charge is -2.39. The van der Waals surface area contributed by atoms with Gasteiger partial charge in [0.1, 0.15) is 5.75 Å². The summed E-state index contributed by atoms with van der Waals surface area (Å²) in [6.45, 7) is 0. The van der Waals surface area contributed by atoms with Crippen molar-refractivity contribution in [3.63, 3.8) is 0 Å². The van der Waals surface area contributed by atoms with Crippen molar-refractivity contribution in [2.75, 3.05) is 12.0 Å². The second kappa shape index (κ2) is 4.22. The molecule has 2 aliphatic rings. The molecule has 3 rings (SSSR count). The zero-order valence-corrected chi connectivity index (χ0v) is 10.2. The zero-order valence-electron chi connectivity index (χ0n) is 10.2. The van der Waals surface area contributed by atoms with Crippen LogP contribution in [0, 0.1) is 0 Å². The monoisotopic (exact) mass is 233 g/mol. The Morgan fingerprint density at radius 2 is 1.71 bits per heavy atom. The minimum absolute atomic E-state index is 0.0954. The fourth-order valence-electron chi connectivity index (χ4n) is 3.32. The molecule has 2 bridgehead atoms. The molecule has 0 saturated carbocycles. The van der Waals surface area contributed by atoms with Crippen LogP contribution in [0.15, 0.2) is 24.3 Å². The topological polar surface area (TPSA) is 32.7 Å². The van der Waals surface area contributed by atoms with E-state index >= 15 is 0 Å². The fourth-order valence-corrected chi connectivity index (χ4v) is 3.32. The molecule has 2 saturated heterocycles. The summed E-state index contributed by atoms with van der Waals surface area (Å²) in [5.41, 5.74) is 1.27. The van der Waals surface area contributed by atoms with E-state index in [0.29, 0.717) is 12.1 Å². The highest BCUT2D eigenvalue weighted by atomic mass is 16.5. The number of fused-ring (bicyclic) bond motifs is 2. The van der Waals surface area contributed by atoms with Gasteiger partial charge in [-0.3, -0.25) is 0 Å². The van der Waals surface area contributed by atoms with Crippen molar-refractivity contribution in [3.8, 4) is 5.75 Å². The number of hydrogen-bond donors (Lipinski definition) is 1. The van der Waals surface area contributed by atoms with E-state index in [4.69, 9.17) is 4.74 Å². The number of aliphatic hydroxyl groups excluding tert-OH is 1. The summed E-state index contributed by atoms with van der Waals surface area (Å²) >= 11 is 0. The predicted molar refractivity (Wildman–Crippen MR) is 67.5 cm³/mol. The van der Waals surface area contributed by atoms with Crippen LogP contribution < -0.4 is 9.64 Å². The number of ether oxygens (including phenoxy) is 1. The smallest absolute Gasteiger partial charge is 0.119 e. The van der Waals surface area contributed by atoms with Crippen LogP contribution in [-0.4, -0.2) is 30.4 Å². The van der Waals surface area contributed by atoms with Crippen LogP contribution in [-0.2, 0) is 0 Å². The van der Waals surface area contributed by atoms with E-state index in [-0.39, 0.29) is 6.10 Å². The molecule has 2 fully saturated rings. The molecule has 3 nitrogen and oxygen atoms in total. The first-order valence-corrected chi connectivity index (χ1v) is 6.38. The van der Waals surface area contributed by atoms with Gasteiger partial charge < -0.3 is 14.7 Å². The molecule has 0 radical (unpaired) electrons. The maximum atomic E-state index is 9.79. The van der Waals surface area contributed by atoms with Gasteiger partial charge in [0.15, 0.2) is 0 Å². The standard InChI is InChI=1S/C14H19NO2/c1-17-14-6-4-10(5-7-14)15-11-2-3-12(15)9-13(16)8-11/h4-7,11-13,16H,2-3,8-9H2,1H3/t11-,12+,13?. The Kier molecular flexibility index (Phi) is 2.71. The van der Waals surface area contributed by atoms with Crippen LogP contribution in [0.5, 0.6) is 5.75 Å². The number of rotatable bonds is 2. The molecule has 1 unspecified atom stereocenters. The van der Waals surface area contributed by atoms with E-state index in [2.05, 4.69) is 17.0 Å². The predicted octanol–water partition coefficient (Wildman–Crippen LogP) is 2.19. The van der Waals surface area contributed by atoms with Gasteiger partial charge in [-0.2, -0.15) is 0 Å². The minimum atomic E-state index is -0.0954. The first-order chi connectivity index (χ1) is 8.28. The summed E-state index contributed by atoms with van der Waals surface area (Å²) < 4.78 is 5.18. The van der Waals surface area contributed by atoms with Crippen LogP contribution in [0.2, 0.25) is 0 Å². The average molecular weight is 233 g/mol. The largest absolute Gasteiger partial charge is 0.497 e. The molecular weight excluding hydrogens is 214 g/mol. The third-order valence-corrected chi connectivity index (χ3v) is 4.08. The van der Waals surface area contributed by atoms with Crippen LogP contribution in [0.25, 0.3) is 0 Å². The second-order valence-corrected chi connectivity index (χ2v) is 5.12. The Labute approximate surface area is 102 Å². The van der Waals surface area contributed by atoms with Crippen molar-refractivity contribution in [1.29, 1.82) is 0 Å². The van der Waals surface area contributed by atoms with Crippen molar-refractivity contribution in [2.45, 2.75) is 43.9 Å². The molecule has 17 heavy (non-hydrogen) atoms. The molecule has 3 heteroatoms. The lowest BCUT2D eigenvalue weighted by molar-refractivity contribution is 0.126. The molecule has 0 aromatic heterocycles. The highest BCUT2D eigenvalue weighted by Crippen LogP contribution is 2.39. The van der Waals surface area contributed by atoms with Crippen molar-refractivity contribution in [2.24, 2.45) is 0 Å². The SMILES string of the molecule is COc1ccc(N2[C@@H]3CC[C@H]2CC(O)C3)cc1. The van der Waals surface area contributed by atoms with Gasteiger partial charge in [0, 0.05) is 17.8 Å². The van der Waals surface area contributed by atoms with E-state index in [1.165, 1.54) is 18.5 Å². The van der Waals surface area contributed by atoms with E-state index in [9.17, 15) is 5.11 Å². The molecule has 0 amide bonds. The average Bonchev–Trinajstić information content (AvgIpc) is 2.62. The molecule has 1 aromatic carbocycles. The Morgan fingerprint density at radius 1 is 1.12 bits per heavy atom. The van der Waals surface area contributed by atoms with Gasteiger partial charge in [-0.05, 0) is 49.9 Å². The minimum Gasteiger partial charge on any atom is -0.497 e. The Balaban J connectivity index is 1.84. The number of benzene rings is 1. The summed E-state index contributed by atoms with van der Waals surface area (Å²) in [6, 6.07) is 9.33. The summed E-state index contributed by atoms with van der Waals surface area (Å²) in [5.74, 6) is 0.901. The zero-order chi connectivity index (χ0) is 11.8. The van der Waals surface area contributed by atoms with Crippen LogP contribution in [0.4, 0.5) is 5.69 Å². The number of anilines is 1. The first-order valence-electron chi connectivity index (χ1n) is 6.38. The van der Waals surface area contributed by atoms with Crippen LogP contribution in [0.1, 0.15) is 25.7 Å². The summed E-state index contributed by atoms with van der Waals surface area (Å²) in [6.07, 6.45) is 4.18. The molecule has 3 atom stereocenters. The molecule has 2 aliphatic heterocycles. The van der Waals surface area contributed by atoms with E-state index < -0.39 is 0 Å². The highest BCUT2D eigenvalue weighted by molar-refractivity contribution is 5.52. The number of nitrogens with zero attached hydrogens (tertiary/aromatic N) is 1. The molecule has 0 spiro atoms. The third kappa shape index (κ3) is 1.89. The van der Waals surface area contributed by atoms with E-state index in [1.54, 1.807) is 7.11 Å². The number of hydrogen-bond acceptors (Lipinski definition) is 3. The summed E-state index contributed by atoms with van der Waals surface area (Å²) in [4.78, 5) is 2.49. The lowest BCUT2D eigenvalue weighted by Crippen LogP contribution is -2.44. The van der Waals surface area contributed by atoms with Gasteiger partial charge in [-0.1, -0.05) is 0 Å². The van der Waals surface area contributed by atoms with Crippen molar-refractivity contribution < 1.29 is 9.84 Å². The van der Waals surface area contributed by atoms with E-state index in [0.717, 1.165) is 18.6 Å². The molecule has 1 N–H and O–H groups in total.